The molecule has 2 aromatic rings. The van der Waals surface area contributed by atoms with Crippen molar-refractivity contribution in [3.8, 4) is 11.5 Å². The maximum absolute atomic E-state index is 6.12. The Kier molecular flexibility index (Phi) is 3.68. The summed E-state index contributed by atoms with van der Waals surface area (Å²) in [5, 5.41) is 0. The molecule has 0 aliphatic carbocycles. The molecule has 3 aliphatic rings. The molecule has 3 aliphatic heterocycles. The first-order chi connectivity index (χ1) is 10.9. The fraction of sp³-hybridized carbons (Fsp3) is 0.333. The molecule has 0 aromatic heterocycles. The third kappa shape index (κ3) is 2.29. The first-order valence-electron chi connectivity index (χ1n) is 7.73. The van der Waals surface area contributed by atoms with Crippen molar-refractivity contribution >= 4 is 12.4 Å². The fourth-order valence-corrected chi connectivity index (χ4v) is 3.78. The van der Waals surface area contributed by atoms with E-state index in [0.29, 0.717) is 13.5 Å². The largest absolute Gasteiger partial charge is 0.454 e. The third-order valence-corrected chi connectivity index (χ3v) is 4.85. The monoisotopic (exact) mass is 331 g/mol. The lowest BCUT2D eigenvalue weighted by Crippen LogP contribution is -2.32. The molecule has 0 radical (unpaired) electrons. The van der Waals surface area contributed by atoms with Crippen LogP contribution in [0.2, 0.25) is 0 Å². The molecule has 23 heavy (non-hydrogen) atoms. The Hall–Kier alpha value is -1.75. The lowest BCUT2D eigenvalue weighted by Gasteiger charge is -2.32. The summed E-state index contributed by atoms with van der Waals surface area (Å²) in [4.78, 5) is 2.42. The first-order valence-corrected chi connectivity index (χ1v) is 7.73. The van der Waals surface area contributed by atoms with Crippen LogP contribution in [0.3, 0.4) is 0 Å². The van der Waals surface area contributed by atoms with Crippen molar-refractivity contribution in [2.24, 2.45) is 0 Å². The van der Waals surface area contributed by atoms with Crippen molar-refractivity contribution in [3.05, 3.63) is 59.2 Å². The second-order valence-electron chi connectivity index (χ2n) is 6.04. The number of benzene rings is 2. The Labute approximate surface area is 141 Å². The molecule has 5 rings (SSSR count). The Morgan fingerprint density at radius 1 is 1.00 bits per heavy atom. The summed E-state index contributed by atoms with van der Waals surface area (Å²) in [6.45, 7) is 2.05. The van der Waals surface area contributed by atoms with Crippen molar-refractivity contribution in [1.29, 1.82) is 0 Å². The van der Waals surface area contributed by atoms with Gasteiger partial charge in [0.1, 0.15) is 12.8 Å². The van der Waals surface area contributed by atoms with Crippen LogP contribution in [0.25, 0.3) is 0 Å². The summed E-state index contributed by atoms with van der Waals surface area (Å²) in [5.74, 6) is 1.74. The summed E-state index contributed by atoms with van der Waals surface area (Å²) < 4.78 is 17.2. The van der Waals surface area contributed by atoms with Gasteiger partial charge in [-0.05, 0) is 35.2 Å². The van der Waals surface area contributed by atoms with E-state index in [1.165, 1.54) is 16.7 Å². The van der Waals surface area contributed by atoms with Gasteiger partial charge in [-0.15, -0.1) is 12.4 Å². The number of fused-ring (bicyclic) bond motifs is 4. The molecular formula is C18H18ClNO3. The topological polar surface area (TPSA) is 30.9 Å². The smallest absolute Gasteiger partial charge is 0.231 e. The van der Waals surface area contributed by atoms with Gasteiger partial charge in [-0.25, -0.2) is 0 Å². The van der Waals surface area contributed by atoms with Gasteiger partial charge in [-0.3, -0.25) is 4.90 Å². The number of halogens is 1. The van der Waals surface area contributed by atoms with E-state index in [9.17, 15) is 0 Å². The average Bonchev–Trinajstić information content (AvgIpc) is 3.19. The van der Waals surface area contributed by atoms with Gasteiger partial charge in [0.05, 0.1) is 6.04 Å². The molecule has 0 spiro atoms. The quantitative estimate of drug-likeness (QED) is 0.800. The van der Waals surface area contributed by atoms with E-state index in [2.05, 4.69) is 41.3 Å². The molecule has 4 nitrogen and oxygen atoms in total. The van der Waals surface area contributed by atoms with Gasteiger partial charge in [-0.2, -0.15) is 0 Å². The summed E-state index contributed by atoms with van der Waals surface area (Å²) in [5.41, 5.74) is 3.92. The minimum atomic E-state index is 0. The lowest BCUT2D eigenvalue weighted by atomic mass is 9.87. The summed E-state index contributed by atoms with van der Waals surface area (Å²) >= 11 is 0. The molecule has 2 aromatic carbocycles. The standard InChI is InChI=1S/C18H17NO3.ClH/c1-2-4-12(5-3-1)18-17-14-9-16-15(21-11-22-16)8-13(14)6-7-19(17)10-20-18;/h1-5,8-9,17-18H,6-7,10-11H2;1H. The molecule has 0 saturated carbocycles. The molecule has 2 atom stereocenters. The van der Waals surface area contributed by atoms with Gasteiger partial charge in [0.25, 0.3) is 0 Å². The number of ether oxygens (including phenoxy) is 3. The van der Waals surface area contributed by atoms with Gasteiger partial charge in [0, 0.05) is 6.54 Å². The predicted molar refractivity (Wildman–Crippen MR) is 88.1 cm³/mol. The van der Waals surface area contributed by atoms with Gasteiger partial charge in [-0.1, -0.05) is 30.3 Å². The lowest BCUT2D eigenvalue weighted by molar-refractivity contribution is 0.0894. The maximum Gasteiger partial charge on any atom is 0.231 e. The number of hydrogen-bond acceptors (Lipinski definition) is 4. The molecule has 0 amide bonds. The van der Waals surface area contributed by atoms with E-state index in [1.54, 1.807) is 0 Å². The van der Waals surface area contributed by atoms with Crippen LogP contribution in [-0.4, -0.2) is 25.0 Å². The van der Waals surface area contributed by atoms with Crippen LogP contribution in [0, 0.1) is 0 Å². The zero-order chi connectivity index (χ0) is 14.5. The van der Waals surface area contributed by atoms with E-state index >= 15 is 0 Å². The zero-order valence-electron chi connectivity index (χ0n) is 12.6. The van der Waals surface area contributed by atoms with Crippen molar-refractivity contribution < 1.29 is 14.2 Å². The SMILES string of the molecule is Cl.c1ccc(C2OCN3CCc4cc5c(cc4C23)OCO5)cc1. The maximum atomic E-state index is 6.12. The van der Waals surface area contributed by atoms with Crippen LogP contribution in [0.1, 0.15) is 28.8 Å². The molecule has 5 heteroatoms. The molecule has 3 heterocycles. The number of hydrogen-bond donors (Lipinski definition) is 0. The minimum Gasteiger partial charge on any atom is -0.454 e. The van der Waals surface area contributed by atoms with Gasteiger partial charge >= 0.3 is 0 Å². The highest BCUT2D eigenvalue weighted by Gasteiger charge is 2.41. The fourth-order valence-electron chi connectivity index (χ4n) is 3.78. The van der Waals surface area contributed by atoms with Crippen molar-refractivity contribution in [2.45, 2.75) is 18.6 Å². The van der Waals surface area contributed by atoms with E-state index < -0.39 is 0 Å². The van der Waals surface area contributed by atoms with Crippen LogP contribution in [-0.2, 0) is 11.2 Å². The van der Waals surface area contributed by atoms with Crippen LogP contribution in [0.5, 0.6) is 11.5 Å². The molecular weight excluding hydrogens is 314 g/mol. The minimum absolute atomic E-state index is 0. The molecule has 2 unspecified atom stereocenters. The highest BCUT2D eigenvalue weighted by Crippen LogP contribution is 2.48. The van der Waals surface area contributed by atoms with Gasteiger partial charge in [0.2, 0.25) is 6.79 Å². The Bertz CT molecular complexity index is 722. The van der Waals surface area contributed by atoms with Crippen LogP contribution >= 0.6 is 12.4 Å². The normalized spacial score (nSPS) is 24.7. The predicted octanol–water partition coefficient (Wildman–Crippen LogP) is 3.47. The van der Waals surface area contributed by atoms with Crippen molar-refractivity contribution in [1.82, 2.24) is 4.90 Å². The van der Waals surface area contributed by atoms with Crippen LogP contribution < -0.4 is 9.47 Å². The molecule has 0 N–H and O–H groups in total. The first kappa shape index (κ1) is 14.8. The van der Waals surface area contributed by atoms with E-state index in [4.69, 9.17) is 14.2 Å². The second kappa shape index (κ2) is 5.71. The summed E-state index contributed by atoms with van der Waals surface area (Å²) in [7, 11) is 0. The average molecular weight is 332 g/mol. The number of nitrogens with zero attached hydrogens (tertiary/aromatic N) is 1. The Balaban J connectivity index is 0.00000135. The van der Waals surface area contributed by atoms with Gasteiger partial charge < -0.3 is 14.2 Å². The van der Waals surface area contributed by atoms with Gasteiger partial charge in [0.15, 0.2) is 11.5 Å². The third-order valence-electron chi connectivity index (χ3n) is 4.85. The van der Waals surface area contributed by atoms with Crippen LogP contribution in [0.15, 0.2) is 42.5 Å². The molecule has 1 fully saturated rings. The molecule has 120 valence electrons. The summed E-state index contributed by atoms with van der Waals surface area (Å²) in [6.07, 6.45) is 1.12. The highest BCUT2D eigenvalue weighted by molar-refractivity contribution is 5.85. The number of rotatable bonds is 1. The van der Waals surface area contributed by atoms with Crippen LogP contribution in [0.4, 0.5) is 0 Å². The molecule has 1 saturated heterocycles. The Morgan fingerprint density at radius 3 is 2.61 bits per heavy atom. The molecule has 0 bridgehead atoms. The Morgan fingerprint density at radius 2 is 1.78 bits per heavy atom. The highest BCUT2D eigenvalue weighted by atomic mass is 35.5. The summed E-state index contributed by atoms with van der Waals surface area (Å²) in [6, 6.07) is 15.1. The van der Waals surface area contributed by atoms with E-state index in [1.807, 2.05) is 6.07 Å². The second-order valence-corrected chi connectivity index (χ2v) is 6.04. The van der Waals surface area contributed by atoms with Crippen molar-refractivity contribution in [3.63, 3.8) is 0 Å². The van der Waals surface area contributed by atoms with Crippen molar-refractivity contribution in [2.75, 3.05) is 20.1 Å². The van der Waals surface area contributed by atoms with E-state index in [0.717, 1.165) is 24.5 Å². The zero-order valence-corrected chi connectivity index (χ0v) is 13.4. The van der Waals surface area contributed by atoms with E-state index in [-0.39, 0.29) is 24.6 Å².